The predicted molar refractivity (Wildman–Crippen MR) is 91.4 cm³/mol. The van der Waals surface area contributed by atoms with Gasteiger partial charge in [-0.1, -0.05) is 28.9 Å². The van der Waals surface area contributed by atoms with Gasteiger partial charge in [0, 0.05) is 18.1 Å². The average molecular weight is 400 g/mol. The van der Waals surface area contributed by atoms with Crippen LogP contribution >= 0.6 is 11.6 Å². The fourth-order valence-electron chi connectivity index (χ4n) is 3.22. The summed E-state index contributed by atoms with van der Waals surface area (Å²) in [7, 11) is 0. The molecule has 1 atom stereocenters. The van der Waals surface area contributed by atoms with Crippen LogP contribution in [0.3, 0.4) is 0 Å². The number of rotatable bonds is 5. The van der Waals surface area contributed by atoms with E-state index in [1.807, 2.05) is 0 Å². The summed E-state index contributed by atoms with van der Waals surface area (Å²) in [5.74, 6) is -0.415. The highest BCUT2D eigenvalue weighted by atomic mass is 35.5. The Bertz CT molecular complexity index is 828. The molecule has 144 valence electrons. The largest absolute Gasteiger partial charge is 0.408 e. The first-order valence-electron chi connectivity index (χ1n) is 8.60. The van der Waals surface area contributed by atoms with E-state index < -0.39 is 18.1 Å². The molecule has 27 heavy (non-hydrogen) atoms. The maximum atomic E-state index is 13.5. The Morgan fingerprint density at radius 3 is 2.48 bits per heavy atom. The van der Waals surface area contributed by atoms with Gasteiger partial charge in [-0.2, -0.15) is 13.2 Å². The highest BCUT2D eigenvalue weighted by Crippen LogP contribution is 2.40. The monoisotopic (exact) mass is 399 g/mol. The summed E-state index contributed by atoms with van der Waals surface area (Å²) in [6, 6.07) is 3.87. The first-order chi connectivity index (χ1) is 12.8. The summed E-state index contributed by atoms with van der Waals surface area (Å²) in [4.78, 5) is 13.5. The Morgan fingerprint density at radius 1 is 1.22 bits per heavy atom. The van der Waals surface area contributed by atoms with Crippen LogP contribution in [0.4, 0.5) is 13.2 Å². The van der Waals surface area contributed by atoms with Crippen molar-refractivity contribution in [3.63, 3.8) is 0 Å². The normalized spacial score (nSPS) is 19.6. The van der Waals surface area contributed by atoms with Gasteiger partial charge < -0.3 is 5.32 Å². The van der Waals surface area contributed by atoms with Crippen molar-refractivity contribution < 1.29 is 18.0 Å². The van der Waals surface area contributed by atoms with Crippen LogP contribution in [0.25, 0.3) is 0 Å². The zero-order valence-electron chi connectivity index (χ0n) is 14.2. The molecule has 1 aliphatic carbocycles. The van der Waals surface area contributed by atoms with Gasteiger partial charge in [-0.05, 0) is 30.5 Å². The highest BCUT2D eigenvalue weighted by molar-refractivity contribution is 6.30. The second-order valence-electron chi connectivity index (χ2n) is 6.93. The zero-order valence-corrected chi connectivity index (χ0v) is 14.9. The van der Waals surface area contributed by atoms with Gasteiger partial charge in [0.15, 0.2) is 5.69 Å². The number of carbonyl (C=O) groups is 1. The molecule has 2 aliphatic rings. The Labute approximate surface area is 158 Å². The Balaban J connectivity index is 1.37. The van der Waals surface area contributed by atoms with Gasteiger partial charge in [0.2, 0.25) is 0 Å². The Kier molecular flexibility index (Phi) is 4.59. The van der Waals surface area contributed by atoms with Gasteiger partial charge in [-0.15, -0.1) is 5.10 Å². The maximum absolute atomic E-state index is 13.5. The van der Waals surface area contributed by atoms with Crippen molar-refractivity contribution in [2.75, 3.05) is 13.1 Å². The van der Waals surface area contributed by atoms with Crippen LogP contribution in [0.2, 0.25) is 5.02 Å². The molecule has 1 aliphatic heterocycles. The number of alkyl halides is 3. The number of hydrogen-bond donors (Lipinski definition) is 1. The topological polar surface area (TPSA) is 63.1 Å². The van der Waals surface area contributed by atoms with E-state index in [0.29, 0.717) is 11.1 Å². The zero-order chi connectivity index (χ0) is 19.2. The van der Waals surface area contributed by atoms with E-state index in [1.165, 1.54) is 29.2 Å². The number of halogens is 4. The van der Waals surface area contributed by atoms with E-state index in [-0.39, 0.29) is 30.4 Å². The Morgan fingerprint density at radius 2 is 1.89 bits per heavy atom. The molecule has 1 aromatic heterocycles. The molecule has 1 saturated heterocycles. The van der Waals surface area contributed by atoms with Crippen LogP contribution in [0.1, 0.15) is 41.0 Å². The third-order valence-electron chi connectivity index (χ3n) is 4.77. The number of nitrogens with zero attached hydrogens (tertiary/aromatic N) is 4. The fourth-order valence-corrected chi connectivity index (χ4v) is 3.35. The van der Waals surface area contributed by atoms with Crippen LogP contribution in [0, 0.1) is 0 Å². The van der Waals surface area contributed by atoms with E-state index in [9.17, 15) is 18.0 Å². The molecule has 1 saturated carbocycles. The summed E-state index contributed by atoms with van der Waals surface area (Å²) in [5, 5.41) is 10.8. The molecule has 2 aromatic rings. The van der Waals surface area contributed by atoms with Gasteiger partial charge in [0.05, 0.1) is 18.3 Å². The quantitative estimate of drug-likeness (QED) is 0.839. The van der Waals surface area contributed by atoms with E-state index >= 15 is 0 Å². The molecule has 1 aromatic carbocycles. The van der Waals surface area contributed by atoms with Crippen molar-refractivity contribution in [2.45, 2.75) is 37.1 Å². The van der Waals surface area contributed by atoms with E-state index in [4.69, 9.17) is 11.6 Å². The molecule has 2 heterocycles. The van der Waals surface area contributed by atoms with Crippen LogP contribution in [-0.4, -0.2) is 51.1 Å². The average Bonchev–Trinajstić information content (AvgIpc) is 3.30. The standard InChI is InChI=1S/C17H17ClF3N5O/c18-11-3-1-10(2-4-11)15(17(19,20)21)25-7-12(8-25)22-16(27)14-9-26(24-23-14)13-5-6-13/h1-4,9,12-13,15H,5-8H2,(H,22,27). The first-order valence-corrected chi connectivity index (χ1v) is 8.98. The molecule has 2 fully saturated rings. The van der Waals surface area contributed by atoms with E-state index in [2.05, 4.69) is 15.6 Å². The van der Waals surface area contributed by atoms with Crippen molar-refractivity contribution in [3.05, 3.63) is 46.7 Å². The van der Waals surface area contributed by atoms with Gasteiger partial charge in [0.1, 0.15) is 6.04 Å². The number of likely N-dealkylation sites (tertiary alicyclic amines) is 1. The van der Waals surface area contributed by atoms with Crippen LogP contribution in [-0.2, 0) is 0 Å². The van der Waals surface area contributed by atoms with Crippen molar-refractivity contribution in [3.8, 4) is 0 Å². The number of hydrogen-bond acceptors (Lipinski definition) is 4. The second-order valence-corrected chi connectivity index (χ2v) is 7.37. The number of nitrogens with one attached hydrogen (secondary N) is 1. The third-order valence-corrected chi connectivity index (χ3v) is 5.02. The molecule has 10 heteroatoms. The molecule has 4 rings (SSSR count). The lowest BCUT2D eigenvalue weighted by molar-refractivity contribution is -0.198. The smallest absolute Gasteiger partial charge is 0.345 e. The third kappa shape index (κ3) is 3.93. The molecule has 0 spiro atoms. The molecule has 0 bridgehead atoms. The number of benzene rings is 1. The molecule has 1 amide bonds. The van der Waals surface area contributed by atoms with Crippen LogP contribution < -0.4 is 5.32 Å². The van der Waals surface area contributed by atoms with Gasteiger partial charge in [-0.25, -0.2) is 4.68 Å². The van der Waals surface area contributed by atoms with Crippen LogP contribution in [0.15, 0.2) is 30.5 Å². The molecule has 0 radical (unpaired) electrons. The number of carbonyl (C=O) groups excluding carboxylic acids is 1. The molecule has 6 nitrogen and oxygen atoms in total. The number of aromatic nitrogens is 3. The van der Waals surface area contributed by atoms with Gasteiger partial charge in [-0.3, -0.25) is 9.69 Å². The summed E-state index contributed by atoms with van der Waals surface area (Å²) in [6.07, 6.45) is -0.803. The first kappa shape index (κ1) is 18.2. The van der Waals surface area contributed by atoms with Gasteiger partial charge in [0.25, 0.3) is 5.91 Å². The van der Waals surface area contributed by atoms with E-state index in [0.717, 1.165) is 12.8 Å². The lowest BCUT2D eigenvalue weighted by atomic mass is 9.98. The molecule has 1 unspecified atom stereocenters. The summed E-state index contributed by atoms with van der Waals surface area (Å²) < 4.78 is 42.3. The number of amides is 1. The van der Waals surface area contributed by atoms with Gasteiger partial charge >= 0.3 is 6.18 Å². The van der Waals surface area contributed by atoms with Crippen LogP contribution in [0.5, 0.6) is 0 Å². The van der Waals surface area contributed by atoms with Crippen molar-refractivity contribution in [2.24, 2.45) is 0 Å². The SMILES string of the molecule is O=C(NC1CN(C(c2ccc(Cl)cc2)C(F)(F)F)C1)c1cn(C2CC2)nn1. The second kappa shape index (κ2) is 6.79. The van der Waals surface area contributed by atoms with E-state index in [1.54, 1.807) is 10.9 Å². The van der Waals surface area contributed by atoms with Crippen molar-refractivity contribution in [1.29, 1.82) is 0 Å². The molecular weight excluding hydrogens is 383 g/mol. The van der Waals surface area contributed by atoms with Crippen molar-refractivity contribution >= 4 is 17.5 Å². The minimum absolute atomic E-state index is 0.106. The molecular formula is C17H17ClF3N5O. The maximum Gasteiger partial charge on any atom is 0.408 e. The minimum atomic E-state index is -4.42. The summed E-state index contributed by atoms with van der Waals surface area (Å²) in [6.45, 7) is 0.213. The summed E-state index contributed by atoms with van der Waals surface area (Å²) in [5.41, 5.74) is 0.314. The lowest BCUT2D eigenvalue weighted by Crippen LogP contribution is -2.61. The minimum Gasteiger partial charge on any atom is -0.345 e. The Hall–Kier alpha value is -2.13. The van der Waals surface area contributed by atoms with Crippen molar-refractivity contribution in [1.82, 2.24) is 25.2 Å². The highest BCUT2D eigenvalue weighted by Gasteiger charge is 2.48. The molecule has 1 N–H and O–H groups in total. The predicted octanol–water partition coefficient (Wildman–Crippen LogP) is 2.98. The summed E-state index contributed by atoms with van der Waals surface area (Å²) >= 11 is 5.77. The fraction of sp³-hybridized carbons (Fsp3) is 0.471. The lowest BCUT2D eigenvalue weighted by Gasteiger charge is -2.45.